The normalized spacial score (nSPS) is 20.4. The standard InChI is InChI=1S/C24H34N/c1-16-8-9-17(2)21-13-22(18(3)12-20(16)21)23-11-10-19(15-25(23)7)14-24(4,5)6/h10-13,15-17H,8-9,14H2,1-7H3/q+1. The molecule has 1 aromatic carbocycles. The Morgan fingerprint density at radius 3 is 2.16 bits per heavy atom. The van der Waals surface area contributed by atoms with Crippen molar-refractivity contribution >= 4 is 0 Å². The van der Waals surface area contributed by atoms with Crippen LogP contribution in [0.5, 0.6) is 0 Å². The van der Waals surface area contributed by atoms with E-state index in [-0.39, 0.29) is 0 Å². The van der Waals surface area contributed by atoms with E-state index in [0.29, 0.717) is 17.3 Å². The highest BCUT2D eigenvalue weighted by Crippen LogP contribution is 2.41. The van der Waals surface area contributed by atoms with Crippen LogP contribution < -0.4 is 4.57 Å². The Balaban J connectivity index is 2.04. The molecule has 1 aliphatic rings. The summed E-state index contributed by atoms with van der Waals surface area (Å²) in [6, 6.07) is 9.55. The lowest BCUT2D eigenvalue weighted by Crippen LogP contribution is -2.32. The maximum atomic E-state index is 2.48. The number of fused-ring (bicyclic) bond motifs is 1. The molecule has 0 saturated heterocycles. The monoisotopic (exact) mass is 336 g/mol. The van der Waals surface area contributed by atoms with Crippen molar-refractivity contribution in [3.05, 3.63) is 52.7 Å². The maximum Gasteiger partial charge on any atom is 0.212 e. The van der Waals surface area contributed by atoms with Gasteiger partial charge in [0.25, 0.3) is 0 Å². The first-order valence-electron chi connectivity index (χ1n) is 9.79. The van der Waals surface area contributed by atoms with E-state index in [1.807, 2.05) is 0 Å². The second-order valence-corrected chi connectivity index (χ2v) is 9.45. The van der Waals surface area contributed by atoms with Crippen molar-refractivity contribution in [2.24, 2.45) is 12.5 Å². The predicted octanol–water partition coefficient (Wildman–Crippen LogP) is 6.08. The number of benzene rings is 1. The van der Waals surface area contributed by atoms with Gasteiger partial charge in [-0.2, -0.15) is 0 Å². The van der Waals surface area contributed by atoms with Gasteiger partial charge in [-0.1, -0.05) is 40.7 Å². The minimum absolute atomic E-state index is 0.321. The zero-order valence-electron chi connectivity index (χ0n) is 17.1. The molecule has 134 valence electrons. The molecule has 0 N–H and O–H groups in total. The van der Waals surface area contributed by atoms with Crippen LogP contribution >= 0.6 is 0 Å². The van der Waals surface area contributed by atoms with Crippen molar-refractivity contribution < 1.29 is 4.57 Å². The molecule has 2 atom stereocenters. The molecule has 3 rings (SSSR count). The Hall–Kier alpha value is -1.63. The van der Waals surface area contributed by atoms with E-state index in [1.165, 1.54) is 35.2 Å². The summed E-state index contributed by atoms with van der Waals surface area (Å²) >= 11 is 0. The van der Waals surface area contributed by atoms with Gasteiger partial charge < -0.3 is 0 Å². The molecule has 25 heavy (non-hydrogen) atoms. The molecule has 2 aromatic rings. The van der Waals surface area contributed by atoms with Crippen molar-refractivity contribution in [1.29, 1.82) is 0 Å². The highest BCUT2D eigenvalue weighted by molar-refractivity contribution is 5.64. The number of nitrogens with zero attached hydrogens (tertiary/aromatic N) is 1. The lowest BCUT2D eigenvalue weighted by Gasteiger charge is -2.28. The van der Waals surface area contributed by atoms with Crippen LogP contribution in [0, 0.1) is 12.3 Å². The van der Waals surface area contributed by atoms with Gasteiger partial charge in [0, 0.05) is 17.2 Å². The van der Waals surface area contributed by atoms with Crippen molar-refractivity contribution in [2.75, 3.05) is 0 Å². The van der Waals surface area contributed by atoms with Gasteiger partial charge in [-0.05, 0) is 72.3 Å². The highest BCUT2D eigenvalue weighted by Gasteiger charge is 2.25. The Kier molecular flexibility index (Phi) is 4.79. The van der Waals surface area contributed by atoms with Gasteiger partial charge in [-0.25, -0.2) is 4.57 Å². The quantitative estimate of drug-likeness (QED) is 0.585. The van der Waals surface area contributed by atoms with Crippen LogP contribution in [0.1, 0.15) is 81.5 Å². The van der Waals surface area contributed by atoms with Gasteiger partial charge in [0.2, 0.25) is 5.69 Å². The summed E-state index contributed by atoms with van der Waals surface area (Å²) in [6.07, 6.45) is 6.06. The van der Waals surface area contributed by atoms with Crippen molar-refractivity contribution in [2.45, 2.75) is 72.6 Å². The lowest BCUT2D eigenvalue weighted by molar-refractivity contribution is -0.660. The van der Waals surface area contributed by atoms with Gasteiger partial charge in [-0.3, -0.25) is 0 Å². The van der Waals surface area contributed by atoms with Crippen molar-refractivity contribution in [3.63, 3.8) is 0 Å². The van der Waals surface area contributed by atoms with E-state index >= 15 is 0 Å². The van der Waals surface area contributed by atoms with Crippen molar-refractivity contribution in [1.82, 2.24) is 0 Å². The van der Waals surface area contributed by atoms with Crippen LogP contribution in [0.3, 0.4) is 0 Å². The minimum atomic E-state index is 0.321. The van der Waals surface area contributed by atoms with Crippen LogP contribution in [0.15, 0.2) is 30.5 Å². The van der Waals surface area contributed by atoms with Crippen molar-refractivity contribution in [3.8, 4) is 11.3 Å². The Bertz CT molecular complexity index is 779. The fourth-order valence-electron chi connectivity index (χ4n) is 4.35. The predicted molar refractivity (Wildman–Crippen MR) is 107 cm³/mol. The molecule has 1 aliphatic carbocycles. The minimum Gasteiger partial charge on any atom is -0.201 e. The number of aromatic nitrogens is 1. The molecular formula is C24H34N+. The average molecular weight is 337 g/mol. The fourth-order valence-corrected chi connectivity index (χ4v) is 4.35. The molecule has 1 aromatic heterocycles. The van der Waals surface area contributed by atoms with E-state index in [4.69, 9.17) is 0 Å². The number of hydrogen-bond donors (Lipinski definition) is 0. The van der Waals surface area contributed by atoms with Crippen LogP contribution in [-0.4, -0.2) is 0 Å². The van der Waals surface area contributed by atoms with E-state index in [0.717, 1.165) is 6.42 Å². The van der Waals surface area contributed by atoms with Gasteiger partial charge in [-0.15, -0.1) is 0 Å². The SMILES string of the molecule is Cc1cc2c(cc1-c1ccc(CC(C)(C)C)c[n+]1C)C(C)CCC2C. The van der Waals surface area contributed by atoms with Crippen LogP contribution in [0.2, 0.25) is 0 Å². The molecule has 2 unspecified atom stereocenters. The third-order valence-electron chi connectivity index (χ3n) is 5.73. The molecule has 0 bridgehead atoms. The summed E-state index contributed by atoms with van der Waals surface area (Å²) in [5.74, 6) is 1.37. The second-order valence-electron chi connectivity index (χ2n) is 9.45. The molecule has 0 fully saturated rings. The first kappa shape index (κ1) is 18.2. The van der Waals surface area contributed by atoms with E-state index in [1.54, 1.807) is 11.1 Å². The van der Waals surface area contributed by atoms with Crippen LogP contribution in [0.25, 0.3) is 11.3 Å². The number of aryl methyl sites for hydroxylation is 2. The summed E-state index contributed by atoms with van der Waals surface area (Å²) in [4.78, 5) is 0. The first-order valence-corrected chi connectivity index (χ1v) is 9.79. The van der Waals surface area contributed by atoms with E-state index in [2.05, 4.69) is 83.6 Å². The Morgan fingerprint density at radius 2 is 1.60 bits per heavy atom. The summed E-state index contributed by atoms with van der Waals surface area (Å²) in [6.45, 7) is 13.9. The first-order chi connectivity index (χ1) is 11.7. The average Bonchev–Trinajstić information content (AvgIpc) is 2.50. The molecular weight excluding hydrogens is 302 g/mol. The zero-order chi connectivity index (χ0) is 18.4. The second kappa shape index (κ2) is 6.59. The molecule has 0 saturated carbocycles. The molecule has 1 heteroatoms. The molecule has 1 nitrogen and oxygen atoms in total. The molecule has 0 spiro atoms. The molecule has 0 radical (unpaired) electrons. The van der Waals surface area contributed by atoms with Gasteiger partial charge >= 0.3 is 0 Å². The summed E-state index contributed by atoms with van der Waals surface area (Å²) < 4.78 is 2.31. The van der Waals surface area contributed by atoms with E-state index in [9.17, 15) is 0 Å². The number of rotatable bonds is 2. The van der Waals surface area contributed by atoms with Crippen LogP contribution in [0.4, 0.5) is 0 Å². The largest absolute Gasteiger partial charge is 0.212 e. The molecule has 1 heterocycles. The molecule has 0 amide bonds. The smallest absolute Gasteiger partial charge is 0.201 e. The molecule has 0 aliphatic heterocycles. The highest BCUT2D eigenvalue weighted by atomic mass is 14.9. The van der Waals surface area contributed by atoms with Crippen LogP contribution in [-0.2, 0) is 13.5 Å². The van der Waals surface area contributed by atoms with Gasteiger partial charge in [0.15, 0.2) is 6.20 Å². The maximum absolute atomic E-state index is 2.48. The summed E-state index contributed by atoms with van der Waals surface area (Å²) in [5.41, 5.74) is 9.00. The third kappa shape index (κ3) is 3.81. The summed E-state index contributed by atoms with van der Waals surface area (Å²) in [5, 5.41) is 0. The Morgan fingerprint density at radius 1 is 1.00 bits per heavy atom. The summed E-state index contributed by atoms with van der Waals surface area (Å²) in [7, 11) is 2.19. The zero-order valence-corrected chi connectivity index (χ0v) is 17.1. The van der Waals surface area contributed by atoms with E-state index < -0.39 is 0 Å². The number of pyridine rings is 1. The van der Waals surface area contributed by atoms with Gasteiger partial charge in [0.1, 0.15) is 7.05 Å². The lowest BCUT2D eigenvalue weighted by atomic mass is 9.76. The Labute approximate surface area is 154 Å². The third-order valence-corrected chi connectivity index (χ3v) is 5.73. The van der Waals surface area contributed by atoms with Gasteiger partial charge in [0.05, 0.1) is 0 Å². The number of hydrogen-bond acceptors (Lipinski definition) is 0. The topological polar surface area (TPSA) is 3.88 Å². The fraction of sp³-hybridized carbons (Fsp3) is 0.542.